The van der Waals surface area contributed by atoms with Crippen LogP contribution in [0, 0.1) is 5.41 Å². The standard InChI is InChI=1S/C16H29N3S/c1-15(2,3)17-9-14-18-13(11-20-14)10-19-8-6-7-16(4,5)12-19/h11,17H,6-10,12H2,1-5H3. The average molecular weight is 295 g/mol. The van der Waals surface area contributed by atoms with Crippen molar-refractivity contribution in [3.63, 3.8) is 0 Å². The van der Waals surface area contributed by atoms with Gasteiger partial charge in [0.2, 0.25) is 0 Å². The summed E-state index contributed by atoms with van der Waals surface area (Å²) >= 11 is 1.78. The summed E-state index contributed by atoms with van der Waals surface area (Å²) in [5.41, 5.74) is 1.85. The van der Waals surface area contributed by atoms with Gasteiger partial charge >= 0.3 is 0 Å². The Balaban J connectivity index is 1.86. The van der Waals surface area contributed by atoms with Crippen LogP contribution in [0.2, 0.25) is 0 Å². The van der Waals surface area contributed by atoms with Gasteiger partial charge in [0.25, 0.3) is 0 Å². The largest absolute Gasteiger partial charge is 0.306 e. The first kappa shape index (κ1) is 15.9. The number of nitrogens with zero attached hydrogens (tertiary/aromatic N) is 2. The lowest BCUT2D eigenvalue weighted by Gasteiger charge is -2.37. The maximum atomic E-state index is 4.77. The number of hydrogen-bond acceptors (Lipinski definition) is 4. The van der Waals surface area contributed by atoms with Crippen LogP contribution in [-0.2, 0) is 13.1 Å². The first-order valence-corrected chi connectivity index (χ1v) is 8.52. The highest BCUT2D eigenvalue weighted by Gasteiger charge is 2.26. The highest BCUT2D eigenvalue weighted by Crippen LogP contribution is 2.29. The topological polar surface area (TPSA) is 28.2 Å². The lowest BCUT2D eigenvalue weighted by molar-refractivity contribution is 0.110. The van der Waals surface area contributed by atoms with Gasteiger partial charge in [-0.25, -0.2) is 4.98 Å². The van der Waals surface area contributed by atoms with E-state index in [1.54, 1.807) is 11.3 Å². The molecule has 1 aromatic heterocycles. The van der Waals surface area contributed by atoms with Crippen LogP contribution < -0.4 is 5.32 Å². The van der Waals surface area contributed by atoms with Crippen LogP contribution in [0.1, 0.15) is 58.2 Å². The molecule has 114 valence electrons. The third kappa shape index (κ3) is 5.15. The van der Waals surface area contributed by atoms with Gasteiger partial charge in [0.15, 0.2) is 0 Å². The van der Waals surface area contributed by atoms with Crippen LogP contribution in [0.25, 0.3) is 0 Å². The third-order valence-corrected chi connectivity index (χ3v) is 4.63. The van der Waals surface area contributed by atoms with Gasteiger partial charge in [0, 0.05) is 30.6 Å². The molecule has 0 atom stereocenters. The maximum Gasteiger partial charge on any atom is 0.107 e. The number of aromatic nitrogens is 1. The van der Waals surface area contributed by atoms with E-state index >= 15 is 0 Å². The summed E-state index contributed by atoms with van der Waals surface area (Å²) in [5.74, 6) is 0. The molecule has 2 heterocycles. The zero-order valence-corrected chi connectivity index (χ0v) is 14.4. The van der Waals surface area contributed by atoms with Gasteiger partial charge in [-0.1, -0.05) is 13.8 Å². The van der Waals surface area contributed by atoms with Crippen LogP contribution in [0.4, 0.5) is 0 Å². The molecule has 0 aliphatic carbocycles. The monoisotopic (exact) mass is 295 g/mol. The summed E-state index contributed by atoms with van der Waals surface area (Å²) in [6, 6.07) is 0. The Morgan fingerprint density at radius 3 is 2.80 bits per heavy atom. The van der Waals surface area contributed by atoms with Gasteiger partial charge in [-0.3, -0.25) is 4.90 Å². The second-order valence-electron chi connectivity index (χ2n) is 7.81. The highest BCUT2D eigenvalue weighted by atomic mass is 32.1. The van der Waals surface area contributed by atoms with Gasteiger partial charge < -0.3 is 5.32 Å². The van der Waals surface area contributed by atoms with Crippen molar-refractivity contribution in [2.24, 2.45) is 5.41 Å². The second kappa shape index (κ2) is 6.12. The summed E-state index contributed by atoms with van der Waals surface area (Å²) in [6.07, 6.45) is 2.66. The Morgan fingerprint density at radius 1 is 1.40 bits per heavy atom. The molecule has 4 heteroatoms. The van der Waals surface area contributed by atoms with Crippen molar-refractivity contribution in [1.29, 1.82) is 0 Å². The lowest BCUT2D eigenvalue weighted by atomic mass is 9.84. The molecule has 1 aliphatic heterocycles. The van der Waals surface area contributed by atoms with Crippen LogP contribution in [0.3, 0.4) is 0 Å². The van der Waals surface area contributed by atoms with E-state index in [4.69, 9.17) is 4.98 Å². The zero-order valence-electron chi connectivity index (χ0n) is 13.6. The molecular weight excluding hydrogens is 266 g/mol. The number of likely N-dealkylation sites (tertiary alicyclic amines) is 1. The van der Waals surface area contributed by atoms with E-state index < -0.39 is 0 Å². The first-order chi connectivity index (χ1) is 9.23. The molecule has 1 N–H and O–H groups in total. The summed E-state index contributed by atoms with van der Waals surface area (Å²) in [5, 5.41) is 6.93. The highest BCUT2D eigenvalue weighted by molar-refractivity contribution is 7.09. The van der Waals surface area contributed by atoms with Gasteiger partial charge in [-0.2, -0.15) is 0 Å². The van der Waals surface area contributed by atoms with Gasteiger partial charge in [-0.15, -0.1) is 11.3 Å². The average Bonchev–Trinajstić information content (AvgIpc) is 2.72. The summed E-state index contributed by atoms with van der Waals surface area (Å²) < 4.78 is 0. The Bertz CT molecular complexity index is 431. The van der Waals surface area contributed by atoms with E-state index in [-0.39, 0.29) is 5.54 Å². The number of nitrogens with one attached hydrogen (secondary N) is 1. The number of rotatable bonds is 4. The summed E-state index contributed by atoms with van der Waals surface area (Å²) in [7, 11) is 0. The fourth-order valence-corrected chi connectivity index (χ4v) is 3.48. The minimum atomic E-state index is 0.155. The van der Waals surface area contributed by atoms with Crippen molar-refractivity contribution in [2.45, 2.75) is 66.1 Å². The molecule has 0 saturated carbocycles. The molecule has 1 aromatic rings. The Labute approximate surface area is 127 Å². The summed E-state index contributed by atoms with van der Waals surface area (Å²) in [4.78, 5) is 7.32. The van der Waals surface area contributed by atoms with Crippen molar-refractivity contribution < 1.29 is 0 Å². The number of piperidine rings is 1. The SMILES string of the molecule is CC1(C)CCCN(Cc2csc(CNC(C)(C)C)n2)C1. The maximum absolute atomic E-state index is 4.77. The van der Waals surface area contributed by atoms with E-state index in [1.165, 1.54) is 36.6 Å². The first-order valence-electron chi connectivity index (χ1n) is 7.64. The molecule has 1 fully saturated rings. The minimum Gasteiger partial charge on any atom is -0.306 e. The molecule has 0 amide bonds. The number of thiazole rings is 1. The van der Waals surface area contributed by atoms with Crippen LogP contribution in [0.15, 0.2) is 5.38 Å². The smallest absolute Gasteiger partial charge is 0.107 e. The molecule has 2 rings (SSSR count). The fraction of sp³-hybridized carbons (Fsp3) is 0.812. The molecule has 0 bridgehead atoms. The predicted octanol–water partition coefficient (Wildman–Crippen LogP) is 3.65. The molecule has 3 nitrogen and oxygen atoms in total. The predicted molar refractivity (Wildman–Crippen MR) is 87.0 cm³/mol. The summed E-state index contributed by atoms with van der Waals surface area (Å²) in [6.45, 7) is 15.6. The molecule has 0 unspecified atom stereocenters. The van der Waals surface area contributed by atoms with Crippen LogP contribution in [-0.4, -0.2) is 28.5 Å². The zero-order chi connectivity index (χ0) is 14.8. The van der Waals surface area contributed by atoms with Crippen molar-refractivity contribution in [3.8, 4) is 0 Å². The Hall–Kier alpha value is -0.450. The molecular formula is C16H29N3S. The fourth-order valence-electron chi connectivity index (χ4n) is 2.75. The van der Waals surface area contributed by atoms with Crippen molar-refractivity contribution in [3.05, 3.63) is 16.1 Å². The Kier molecular flexibility index (Phi) is 4.88. The van der Waals surface area contributed by atoms with E-state index in [1.807, 2.05) is 0 Å². The lowest BCUT2D eigenvalue weighted by Crippen LogP contribution is -2.39. The van der Waals surface area contributed by atoms with Crippen molar-refractivity contribution in [1.82, 2.24) is 15.2 Å². The van der Waals surface area contributed by atoms with E-state index in [0.717, 1.165) is 13.1 Å². The molecule has 1 saturated heterocycles. The molecule has 1 aliphatic rings. The second-order valence-corrected chi connectivity index (χ2v) is 8.76. The minimum absolute atomic E-state index is 0.155. The Morgan fingerprint density at radius 2 is 2.15 bits per heavy atom. The van der Waals surface area contributed by atoms with E-state index in [9.17, 15) is 0 Å². The van der Waals surface area contributed by atoms with Crippen LogP contribution in [0.5, 0.6) is 0 Å². The van der Waals surface area contributed by atoms with Gasteiger partial charge in [0.1, 0.15) is 5.01 Å². The molecule has 20 heavy (non-hydrogen) atoms. The van der Waals surface area contributed by atoms with E-state index in [2.05, 4.69) is 50.2 Å². The quantitative estimate of drug-likeness (QED) is 0.919. The van der Waals surface area contributed by atoms with Gasteiger partial charge in [-0.05, 0) is 45.6 Å². The van der Waals surface area contributed by atoms with Crippen molar-refractivity contribution >= 4 is 11.3 Å². The third-order valence-electron chi connectivity index (χ3n) is 3.73. The van der Waals surface area contributed by atoms with Crippen LogP contribution >= 0.6 is 11.3 Å². The number of hydrogen-bond donors (Lipinski definition) is 1. The molecule has 0 aromatic carbocycles. The van der Waals surface area contributed by atoms with Gasteiger partial charge in [0.05, 0.1) is 5.69 Å². The normalized spacial score (nSPS) is 20.2. The molecule has 0 radical (unpaired) electrons. The molecule has 0 spiro atoms. The van der Waals surface area contributed by atoms with Crippen molar-refractivity contribution in [2.75, 3.05) is 13.1 Å². The van der Waals surface area contributed by atoms with E-state index in [0.29, 0.717) is 5.41 Å².